The fourth-order valence-corrected chi connectivity index (χ4v) is 2.91. The fourth-order valence-electron chi connectivity index (χ4n) is 1.17. The molecular weight excluding hydrogens is 290 g/mol. The second-order valence-electron chi connectivity index (χ2n) is 2.62. The van der Waals surface area contributed by atoms with Crippen LogP contribution in [0.1, 0.15) is 0 Å². The van der Waals surface area contributed by atoms with Gasteiger partial charge in [0.25, 0.3) is 5.69 Å². The maximum absolute atomic E-state index is 10.7. The smallest absolute Gasteiger partial charge is 0.258 e. The third-order valence-corrected chi connectivity index (χ3v) is 4.27. The Labute approximate surface area is 96.6 Å². The number of hydrogen-bond donors (Lipinski definition) is 0. The highest BCUT2D eigenvalue weighted by molar-refractivity contribution is 9.10. The molecule has 0 saturated heterocycles. The summed E-state index contributed by atoms with van der Waals surface area (Å²) in [6.07, 6.45) is 0. The molecule has 0 N–H and O–H groups in total. The second-order valence-corrected chi connectivity index (χ2v) is 4.71. The van der Waals surface area contributed by atoms with Crippen LogP contribution in [0.4, 0.5) is 5.69 Å². The lowest BCUT2D eigenvalue weighted by molar-refractivity contribution is -0.385. The van der Waals surface area contributed by atoms with Crippen molar-refractivity contribution in [3.63, 3.8) is 0 Å². The lowest BCUT2D eigenvalue weighted by Crippen LogP contribution is -1.89. The molecule has 2 rings (SSSR count). The van der Waals surface area contributed by atoms with Gasteiger partial charge in [-0.05, 0) is 27.4 Å². The van der Waals surface area contributed by atoms with Gasteiger partial charge in [0.2, 0.25) is 0 Å². The minimum absolute atomic E-state index is 0.000833. The van der Waals surface area contributed by atoms with Gasteiger partial charge in [0.05, 0.1) is 14.6 Å². The maximum atomic E-state index is 10.7. The predicted molar refractivity (Wildman–Crippen MR) is 61.2 cm³/mol. The Morgan fingerprint density at radius 1 is 1.57 bits per heavy atom. The van der Waals surface area contributed by atoms with Gasteiger partial charge in [-0.25, -0.2) is 0 Å². The summed E-state index contributed by atoms with van der Waals surface area (Å²) < 4.78 is 1.21. The van der Waals surface area contributed by atoms with E-state index in [4.69, 9.17) is 11.6 Å². The Balaban J connectivity index is 2.87. The van der Waals surface area contributed by atoms with Gasteiger partial charge in [-0.2, -0.15) is 0 Å². The molecule has 0 fully saturated rings. The molecule has 72 valence electrons. The van der Waals surface area contributed by atoms with Crippen LogP contribution in [0.2, 0.25) is 5.02 Å². The molecule has 1 aromatic heterocycles. The van der Waals surface area contributed by atoms with Crippen LogP contribution in [0.25, 0.3) is 10.1 Å². The number of rotatable bonds is 1. The second kappa shape index (κ2) is 3.49. The molecule has 0 radical (unpaired) electrons. The first-order valence-electron chi connectivity index (χ1n) is 3.61. The van der Waals surface area contributed by atoms with Gasteiger partial charge in [0, 0.05) is 11.5 Å². The van der Waals surface area contributed by atoms with Crippen molar-refractivity contribution in [2.24, 2.45) is 0 Å². The normalized spacial score (nSPS) is 10.7. The molecule has 0 aliphatic heterocycles. The Bertz CT molecular complexity index is 525. The van der Waals surface area contributed by atoms with Gasteiger partial charge in [0.1, 0.15) is 4.47 Å². The predicted octanol–water partition coefficient (Wildman–Crippen LogP) is 4.23. The molecule has 0 unspecified atom stereocenters. The Morgan fingerprint density at radius 3 is 2.93 bits per heavy atom. The standard InChI is InChI=1S/C8H3BrClNO2S/c9-6-5(11(12)13)3-4-1-2-14-8(4)7(6)10/h1-3H. The molecule has 0 spiro atoms. The molecule has 0 saturated carbocycles. The third-order valence-electron chi connectivity index (χ3n) is 1.80. The molecule has 0 atom stereocenters. The number of benzene rings is 1. The van der Waals surface area contributed by atoms with Crippen molar-refractivity contribution in [1.29, 1.82) is 0 Å². The van der Waals surface area contributed by atoms with E-state index >= 15 is 0 Å². The summed E-state index contributed by atoms with van der Waals surface area (Å²) in [6.45, 7) is 0. The quantitative estimate of drug-likeness (QED) is 0.583. The highest BCUT2D eigenvalue weighted by atomic mass is 79.9. The monoisotopic (exact) mass is 291 g/mol. The molecule has 1 heterocycles. The minimum Gasteiger partial charge on any atom is -0.258 e. The van der Waals surface area contributed by atoms with E-state index in [1.807, 2.05) is 11.4 Å². The first-order valence-corrected chi connectivity index (χ1v) is 5.66. The van der Waals surface area contributed by atoms with E-state index in [9.17, 15) is 10.1 Å². The third kappa shape index (κ3) is 1.41. The zero-order chi connectivity index (χ0) is 10.3. The van der Waals surface area contributed by atoms with E-state index in [2.05, 4.69) is 15.9 Å². The zero-order valence-corrected chi connectivity index (χ0v) is 9.82. The molecule has 0 aliphatic carbocycles. The molecule has 3 nitrogen and oxygen atoms in total. The number of hydrogen-bond acceptors (Lipinski definition) is 3. The number of thiophene rings is 1. The van der Waals surface area contributed by atoms with E-state index in [1.54, 1.807) is 0 Å². The van der Waals surface area contributed by atoms with Crippen molar-refractivity contribution >= 4 is 54.6 Å². The zero-order valence-electron chi connectivity index (χ0n) is 6.66. The largest absolute Gasteiger partial charge is 0.285 e. The van der Waals surface area contributed by atoms with Crippen molar-refractivity contribution in [2.45, 2.75) is 0 Å². The molecule has 0 aliphatic rings. The molecule has 6 heteroatoms. The van der Waals surface area contributed by atoms with Crippen molar-refractivity contribution in [3.05, 3.63) is 37.1 Å². The highest BCUT2D eigenvalue weighted by Crippen LogP contribution is 2.40. The summed E-state index contributed by atoms with van der Waals surface area (Å²) in [5.74, 6) is 0. The average Bonchev–Trinajstić information content (AvgIpc) is 2.58. The van der Waals surface area contributed by atoms with Gasteiger partial charge < -0.3 is 0 Å². The van der Waals surface area contributed by atoms with Crippen molar-refractivity contribution in [2.75, 3.05) is 0 Å². The molecule has 0 amide bonds. The maximum Gasteiger partial charge on any atom is 0.285 e. The van der Waals surface area contributed by atoms with Gasteiger partial charge in [-0.1, -0.05) is 11.6 Å². The molecule has 0 bridgehead atoms. The van der Waals surface area contributed by atoms with Crippen LogP contribution in [0.3, 0.4) is 0 Å². The van der Waals surface area contributed by atoms with Gasteiger partial charge in [0.15, 0.2) is 0 Å². The Morgan fingerprint density at radius 2 is 2.29 bits per heavy atom. The summed E-state index contributed by atoms with van der Waals surface area (Å²) in [5.41, 5.74) is 0.000833. The number of nitrogens with zero attached hydrogens (tertiary/aromatic N) is 1. The topological polar surface area (TPSA) is 43.1 Å². The molecule has 2 aromatic rings. The summed E-state index contributed by atoms with van der Waals surface area (Å²) >= 11 is 10.6. The lowest BCUT2D eigenvalue weighted by Gasteiger charge is -1.99. The van der Waals surface area contributed by atoms with Crippen LogP contribution in [-0.4, -0.2) is 4.92 Å². The summed E-state index contributed by atoms with van der Waals surface area (Å²) in [5, 5.41) is 13.7. The van der Waals surface area contributed by atoms with Crippen LogP contribution in [0, 0.1) is 10.1 Å². The minimum atomic E-state index is -0.451. The van der Waals surface area contributed by atoms with Gasteiger partial charge in [-0.3, -0.25) is 10.1 Å². The fraction of sp³-hybridized carbons (Fsp3) is 0. The number of nitro benzene ring substituents is 1. The number of nitro groups is 1. The molecular formula is C8H3BrClNO2S. The van der Waals surface area contributed by atoms with Crippen LogP contribution < -0.4 is 0 Å². The number of halogens is 2. The van der Waals surface area contributed by atoms with Crippen molar-refractivity contribution in [3.8, 4) is 0 Å². The first-order chi connectivity index (χ1) is 6.61. The van der Waals surface area contributed by atoms with E-state index < -0.39 is 4.92 Å². The van der Waals surface area contributed by atoms with Crippen LogP contribution in [0.15, 0.2) is 22.0 Å². The van der Waals surface area contributed by atoms with E-state index in [0.29, 0.717) is 9.50 Å². The Kier molecular flexibility index (Phi) is 2.47. The van der Waals surface area contributed by atoms with E-state index in [-0.39, 0.29) is 5.69 Å². The Hall–Kier alpha value is -0.650. The summed E-state index contributed by atoms with van der Waals surface area (Å²) in [6, 6.07) is 3.33. The summed E-state index contributed by atoms with van der Waals surface area (Å²) in [4.78, 5) is 10.2. The van der Waals surface area contributed by atoms with Crippen molar-refractivity contribution < 1.29 is 4.92 Å². The van der Waals surface area contributed by atoms with E-state index in [1.165, 1.54) is 17.4 Å². The average molecular weight is 293 g/mol. The van der Waals surface area contributed by atoms with Gasteiger partial charge in [-0.15, -0.1) is 11.3 Å². The van der Waals surface area contributed by atoms with Crippen LogP contribution in [-0.2, 0) is 0 Å². The van der Waals surface area contributed by atoms with Crippen molar-refractivity contribution in [1.82, 2.24) is 0 Å². The molecule has 1 aromatic carbocycles. The lowest BCUT2D eigenvalue weighted by atomic mass is 10.2. The number of fused-ring (bicyclic) bond motifs is 1. The molecule has 14 heavy (non-hydrogen) atoms. The SMILES string of the molecule is O=[N+]([O-])c1cc2ccsc2c(Cl)c1Br. The van der Waals surface area contributed by atoms with Crippen LogP contribution in [0.5, 0.6) is 0 Å². The van der Waals surface area contributed by atoms with E-state index in [0.717, 1.165) is 10.1 Å². The van der Waals surface area contributed by atoms with Gasteiger partial charge >= 0.3 is 0 Å². The highest BCUT2D eigenvalue weighted by Gasteiger charge is 2.18. The first kappa shape index (κ1) is 9.89. The van der Waals surface area contributed by atoms with Crippen LogP contribution >= 0.6 is 38.9 Å². The summed E-state index contributed by atoms with van der Waals surface area (Å²) in [7, 11) is 0.